The Labute approximate surface area is 109 Å². The van der Waals surface area contributed by atoms with Gasteiger partial charge >= 0.3 is 0 Å². The first-order valence-corrected chi connectivity index (χ1v) is 7.60. The van der Waals surface area contributed by atoms with Gasteiger partial charge in [-0.3, -0.25) is 4.79 Å². The molecule has 1 N–H and O–H groups in total. The Balaban J connectivity index is 1.53. The molecule has 2 rings (SSSR count). The van der Waals surface area contributed by atoms with Crippen molar-refractivity contribution < 1.29 is 4.79 Å². The second-order valence-corrected chi connectivity index (χ2v) is 6.26. The highest BCUT2D eigenvalue weighted by atomic mass is 35.5. The van der Waals surface area contributed by atoms with E-state index in [-0.39, 0.29) is 11.3 Å². The molecule has 0 saturated heterocycles. The third kappa shape index (κ3) is 4.87. The molecule has 0 aromatic carbocycles. The number of nitrogens with one attached hydrogen (secondary N) is 1. The van der Waals surface area contributed by atoms with Gasteiger partial charge in [0.05, 0.1) is 5.38 Å². The predicted molar refractivity (Wildman–Crippen MR) is 71.2 cm³/mol. The molecule has 1 unspecified atom stereocenters. The first-order valence-electron chi connectivity index (χ1n) is 7.16. The van der Waals surface area contributed by atoms with Crippen LogP contribution in [0.4, 0.5) is 0 Å². The zero-order valence-electron chi connectivity index (χ0n) is 10.6. The van der Waals surface area contributed by atoms with Crippen LogP contribution in [0, 0.1) is 11.8 Å². The molecular weight excluding hydrogens is 234 g/mol. The molecule has 2 saturated carbocycles. The van der Waals surface area contributed by atoms with Gasteiger partial charge < -0.3 is 5.32 Å². The lowest BCUT2D eigenvalue weighted by atomic mass is 9.86. The van der Waals surface area contributed by atoms with E-state index in [1.54, 1.807) is 0 Å². The second kappa shape index (κ2) is 6.63. The zero-order valence-corrected chi connectivity index (χ0v) is 11.3. The molecule has 1 amide bonds. The van der Waals surface area contributed by atoms with Crippen LogP contribution in [0.1, 0.15) is 57.8 Å². The van der Waals surface area contributed by atoms with Crippen LogP contribution in [0.5, 0.6) is 0 Å². The molecule has 2 aliphatic carbocycles. The van der Waals surface area contributed by atoms with Crippen LogP contribution in [0.25, 0.3) is 0 Å². The molecule has 0 aromatic heterocycles. The van der Waals surface area contributed by atoms with Gasteiger partial charge in [-0.2, -0.15) is 0 Å². The molecule has 1 atom stereocenters. The quantitative estimate of drug-likeness (QED) is 0.726. The highest BCUT2D eigenvalue weighted by molar-refractivity contribution is 6.21. The number of halogens is 1. The van der Waals surface area contributed by atoms with Gasteiger partial charge in [-0.15, -0.1) is 11.6 Å². The fourth-order valence-electron chi connectivity index (χ4n) is 2.74. The fraction of sp³-hybridized carbons (Fsp3) is 0.929. The average molecular weight is 258 g/mol. The SMILES string of the molecule is O=C(CCC1CCCCC1)NCC(Cl)C1CC1. The van der Waals surface area contributed by atoms with Crippen molar-refractivity contribution in [1.29, 1.82) is 0 Å². The van der Waals surface area contributed by atoms with Crippen molar-refractivity contribution in [2.45, 2.75) is 63.2 Å². The molecule has 0 aromatic rings. The maximum Gasteiger partial charge on any atom is 0.220 e. The number of hydrogen-bond acceptors (Lipinski definition) is 1. The van der Waals surface area contributed by atoms with Crippen molar-refractivity contribution in [1.82, 2.24) is 5.32 Å². The number of hydrogen-bond donors (Lipinski definition) is 1. The normalized spacial score (nSPS) is 23.4. The fourth-order valence-corrected chi connectivity index (χ4v) is 3.06. The van der Waals surface area contributed by atoms with Gasteiger partial charge in [0.25, 0.3) is 0 Å². The van der Waals surface area contributed by atoms with E-state index in [1.807, 2.05) is 0 Å². The number of rotatable bonds is 6. The van der Waals surface area contributed by atoms with Crippen LogP contribution >= 0.6 is 11.6 Å². The Kier molecular flexibility index (Phi) is 5.15. The van der Waals surface area contributed by atoms with E-state index in [0.717, 1.165) is 12.3 Å². The first-order chi connectivity index (χ1) is 8.25. The van der Waals surface area contributed by atoms with Crippen LogP contribution in [0.15, 0.2) is 0 Å². The summed E-state index contributed by atoms with van der Waals surface area (Å²) in [6.45, 7) is 0.662. The molecule has 2 aliphatic rings. The number of alkyl halides is 1. The van der Waals surface area contributed by atoms with Crippen LogP contribution in [0.3, 0.4) is 0 Å². The van der Waals surface area contributed by atoms with Crippen molar-refractivity contribution in [3.63, 3.8) is 0 Å². The summed E-state index contributed by atoms with van der Waals surface area (Å²) >= 11 is 6.16. The molecular formula is C14H24ClNO. The van der Waals surface area contributed by atoms with Gasteiger partial charge in [-0.1, -0.05) is 32.1 Å². The monoisotopic (exact) mass is 257 g/mol. The van der Waals surface area contributed by atoms with E-state index in [2.05, 4.69) is 5.32 Å². The molecule has 0 spiro atoms. The third-order valence-corrected chi connectivity index (χ3v) is 4.64. The molecule has 0 bridgehead atoms. The molecule has 98 valence electrons. The second-order valence-electron chi connectivity index (χ2n) is 5.70. The van der Waals surface area contributed by atoms with E-state index >= 15 is 0 Å². The number of carbonyl (C=O) groups excluding carboxylic acids is 1. The Hall–Kier alpha value is -0.240. The minimum Gasteiger partial charge on any atom is -0.355 e. The Morgan fingerprint density at radius 1 is 1.18 bits per heavy atom. The highest BCUT2D eigenvalue weighted by Crippen LogP contribution is 2.35. The molecule has 0 aliphatic heterocycles. The van der Waals surface area contributed by atoms with Gasteiger partial charge in [0, 0.05) is 13.0 Å². The van der Waals surface area contributed by atoms with Gasteiger partial charge in [0.2, 0.25) is 5.91 Å². The molecule has 0 radical (unpaired) electrons. The lowest BCUT2D eigenvalue weighted by molar-refractivity contribution is -0.121. The van der Waals surface area contributed by atoms with Crippen LogP contribution in [-0.2, 0) is 4.79 Å². The smallest absolute Gasteiger partial charge is 0.220 e. The minimum absolute atomic E-state index is 0.161. The van der Waals surface area contributed by atoms with Crippen molar-refractivity contribution >= 4 is 17.5 Å². The number of amides is 1. The van der Waals surface area contributed by atoms with Gasteiger partial charge in [-0.25, -0.2) is 0 Å². The Bertz CT molecular complexity index is 247. The molecule has 2 fully saturated rings. The molecule has 0 heterocycles. The van der Waals surface area contributed by atoms with Crippen LogP contribution < -0.4 is 5.32 Å². The molecule has 3 heteroatoms. The first kappa shape index (κ1) is 13.2. The predicted octanol–water partition coefficient (Wildman–Crippen LogP) is 3.48. The summed E-state index contributed by atoms with van der Waals surface area (Å²) in [7, 11) is 0. The maximum absolute atomic E-state index is 11.7. The number of carbonyl (C=O) groups is 1. The summed E-state index contributed by atoms with van der Waals surface area (Å²) in [5.41, 5.74) is 0. The van der Waals surface area contributed by atoms with E-state index in [9.17, 15) is 4.79 Å². The summed E-state index contributed by atoms with van der Waals surface area (Å²) in [5.74, 6) is 1.65. The lowest BCUT2D eigenvalue weighted by Crippen LogP contribution is -2.30. The van der Waals surface area contributed by atoms with Gasteiger partial charge in [0.1, 0.15) is 0 Å². The third-order valence-electron chi connectivity index (χ3n) is 4.13. The molecule has 2 nitrogen and oxygen atoms in total. The lowest BCUT2D eigenvalue weighted by Gasteiger charge is -2.21. The van der Waals surface area contributed by atoms with E-state index in [4.69, 9.17) is 11.6 Å². The summed E-state index contributed by atoms with van der Waals surface area (Å²) < 4.78 is 0. The largest absolute Gasteiger partial charge is 0.355 e. The topological polar surface area (TPSA) is 29.1 Å². The highest BCUT2D eigenvalue weighted by Gasteiger charge is 2.29. The van der Waals surface area contributed by atoms with Crippen molar-refractivity contribution in [3.8, 4) is 0 Å². The van der Waals surface area contributed by atoms with Crippen LogP contribution in [0.2, 0.25) is 0 Å². The van der Waals surface area contributed by atoms with E-state index in [1.165, 1.54) is 44.9 Å². The van der Waals surface area contributed by atoms with Gasteiger partial charge in [-0.05, 0) is 31.1 Å². The summed E-state index contributed by atoms with van der Waals surface area (Å²) in [6.07, 6.45) is 11.0. The van der Waals surface area contributed by atoms with Crippen molar-refractivity contribution in [2.75, 3.05) is 6.54 Å². The van der Waals surface area contributed by atoms with Crippen molar-refractivity contribution in [3.05, 3.63) is 0 Å². The summed E-state index contributed by atoms with van der Waals surface area (Å²) in [5, 5.41) is 3.13. The average Bonchev–Trinajstić information content (AvgIpc) is 3.19. The van der Waals surface area contributed by atoms with Gasteiger partial charge in [0.15, 0.2) is 0 Å². The summed E-state index contributed by atoms with van der Waals surface area (Å²) in [4.78, 5) is 11.7. The molecule has 17 heavy (non-hydrogen) atoms. The van der Waals surface area contributed by atoms with Crippen LogP contribution in [-0.4, -0.2) is 17.8 Å². The Morgan fingerprint density at radius 3 is 2.53 bits per heavy atom. The summed E-state index contributed by atoms with van der Waals surface area (Å²) in [6, 6.07) is 0. The zero-order chi connectivity index (χ0) is 12.1. The van der Waals surface area contributed by atoms with E-state index in [0.29, 0.717) is 18.9 Å². The standard InChI is InChI=1S/C14H24ClNO/c15-13(12-7-8-12)10-16-14(17)9-6-11-4-2-1-3-5-11/h11-13H,1-10H2,(H,16,17). The maximum atomic E-state index is 11.7. The van der Waals surface area contributed by atoms with Crippen molar-refractivity contribution in [2.24, 2.45) is 11.8 Å². The minimum atomic E-state index is 0.161. The van der Waals surface area contributed by atoms with E-state index < -0.39 is 0 Å². The Morgan fingerprint density at radius 2 is 1.88 bits per heavy atom.